The Balaban J connectivity index is 2.31. The van der Waals surface area contributed by atoms with Crippen LogP contribution in [0.15, 0.2) is 12.1 Å². The minimum absolute atomic E-state index is 0.157. The molecule has 0 amide bonds. The van der Waals surface area contributed by atoms with Crippen LogP contribution in [0.25, 0.3) is 0 Å². The fraction of sp³-hybridized carbons (Fsp3) is 0.500. The van der Waals surface area contributed by atoms with E-state index in [2.05, 4.69) is 4.74 Å². The highest BCUT2D eigenvalue weighted by atomic mass is 19.1. The van der Waals surface area contributed by atoms with Crippen molar-refractivity contribution in [2.75, 3.05) is 7.11 Å². The van der Waals surface area contributed by atoms with Gasteiger partial charge in [0.2, 0.25) is 0 Å². The third-order valence-corrected chi connectivity index (χ3v) is 3.21. The van der Waals surface area contributed by atoms with E-state index < -0.39 is 30.1 Å². The second-order valence-electron chi connectivity index (χ2n) is 4.85. The average molecular weight is 256 g/mol. The van der Waals surface area contributed by atoms with E-state index in [4.69, 9.17) is 9.31 Å². The zero-order valence-electron chi connectivity index (χ0n) is 10.8. The third-order valence-electron chi connectivity index (χ3n) is 3.21. The maximum Gasteiger partial charge on any atom is 0.494 e. The Morgan fingerprint density at radius 3 is 2.22 bits per heavy atom. The molecule has 98 valence electrons. The van der Waals surface area contributed by atoms with E-state index >= 15 is 0 Å². The largest absolute Gasteiger partial charge is 0.494 e. The Morgan fingerprint density at radius 1 is 1.28 bits per heavy atom. The van der Waals surface area contributed by atoms with Crippen LogP contribution in [0.4, 0.5) is 8.78 Å². The second kappa shape index (κ2) is 4.51. The Bertz CT molecular complexity index is 442. The minimum atomic E-state index is -0.767. The van der Waals surface area contributed by atoms with Crippen molar-refractivity contribution in [2.24, 2.45) is 0 Å². The molecule has 3 nitrogen and oxygen atoms in total. The van der Waals surface area contributed by atoms with Crippen molar-refractivity contribution in [3.05, 3.63) is 23.8 Å². The zero-order valence-corrected chi connectivity index (χ0v) is 10.8. The maximum absolute atomic E-state index is 13.6. The molecule has 1 aromatic rings. The molecule has 0 N–H and O–H groups in total. The van der Waals surface area contributed by atoms with Gasteiger partial charge in [0, 0.05) is 0 Å². The SMILES string of the molecule is COc1c(F)cc(B2OC(C)C(C)(C)O2)cc1F. The second-order valence-corrected chi connectivity index (χ2v) is 4.85. The number of methoxy groups -OCH3 is 1. The molecule has 0 spiro atoms. The number of benzene rings is 1. The van der Waals surface area contributed by atoms with Crippen molar-refractivity contribution < 1.29 is 22.8 Å². The molecule has 1 saturated heterocycles. The topological polar surface area (TPSA) is 27.7 Å². The van der Waals surface area contributed by atoms with Crippen LogP contribution >= 0.6 is 0 Å². The van der Waals surface area contributed by atoms with Crippen LogP contribution in [0.1, 0.15) is 20.8 Å². The lowest BCUT2D eigenvalue weighted by Gasteiger charge is -2.21. The summed E-state index contributed by atoms with van der Waals surface area (Å²) in [5.74, 6) is -1.93. The van der Waals surface area contributed by atoms with E-state index in [9.17, 15) is 8.78 Å². The fourth-order valence-corrected chi connectivity index (χ4v) is 1.81. The first-order valence-electron chi connectivity index (χ1n) is 5.71. The summed E-state index contributed by atoms with van der Waals surface area (Å²) in [6.07, 6.45) is -0.157. The summed E-state index contributed by atoms with van der Waals surface area (Å²) in [5, 5.41) is 0. The Kier molecular flexibility index (Phi) is 3.34. The molecule has 6 heteroatoms. The van der Waals surface area contributed by atoms with Gasteiger partial charge in [-0.3, -0.25) is 0 Å². The number of rotatable bonds is 2. The Hall–Kier alpha value is -1.14. The summed E-state index contributed by atoms with van der Waals surface area (Å²) >= 11 is 0. The number of ether oxygens (including phenoxy) is 1. The van der Waals surface area contributed by atoms with Crippen LogP contribution in [0, 0.1) is 11.6 Å². The predicted octanol–water partition coefficient (Wildman–Crippen LogP) is 1.88. The molecule has 1 aromatic carbocycles. The van der Waals surface area contributed by atoms with Crippen molar-refractivity contribution in [2.45, 2.75) is 32.5 Å². The molecule has 0 saturated carbocycles. The standard InChI is InChI=1S/C12H15BF2O3/c1-7-12(2,3)18-13(17-7)8-5-9(14)11(16-4)10(15)6-8/h5-7H,1-4H3. The van der Waals surface area contributed by atoms with Gasteiger partial charge in [-0.2, -0.15) is 0 Å². The molecule has 0 bridgehead atoms. The van der Waals surface area contributed by atoms with Crippen LogP contribution in [0.5, 0.6) is 5.75 Å². The van der Waals surface area contributed by atoms with Crippen molar-refractivity contribution in [3.63, 3.8) is 0 Å². The smallest absolute Gasteiger partial charge is 0.491 e. The maximum atomic E-state index is 13.6. The van der Waals surface area contributed by atoms with Gasteiger partial charge in [0.1, 0.15) is 0 Å². The highest BCUT2D eigenvalue weighted by Gasteiger charge is 2.44. The van der Waals surface area contributed by atoms with E-state index in [-0.39, 0.29) is 6.10 Å². The quantitative estimate of drug-likeness (QED) is 0.756. The molecule has 2 rings (SSSR count). The molecule has 1 aliphatic rings. The number of hydrogen-bond acceptors (Lipinski definition) is 3. The van der Waals surface area contributed by atoms with Crippen molar-refractivity contribution in [1.29, 1.82) is 0 Å². The van der Waals surface area contributed by atoms with Gasteiger partial charge in [-0.1, -0.05) is 0 Å². The first-order chi connectivity index (χ1) is 8.35. The highest BCUT2D eigenvalue weighted by molar-refractivity contribution is 6.62. The van der Waals surface area contributed by atoms with Gasteiger partial charge in [0.15, 0.2) is 17.4 Å². The Labute approximate surface area is 105 Å². The molecule has 1 unspecified atom stereocenters. The van der Waals surface area contributed by atoms with Crippen molar-refractivity contribution in [3.8, 4) is 5.75 Å². The summed E-state index contributed by atoms with van der Waals surface area (Å²) < 4.78 is 43.0. The van der Waals surface area contributed by atoms with Gasteiger partial charge < -0.3 is 14.0 Å². The first-order valence-corrected chi connectivity index (χ1v) is 5.71. The van der Waals surface area contributed by atoms with Gasteiger partial charge in [0.25, 0.3) is 0 Å². The van der Waals surface area contributed by atoms with E-state index in [1.165, 1.54) is 19.2 Å². The average Bonchev–Trinajstić information content (AvgIpc) is 2.53. The summed E-state index contributed by atoms with van der Waals surface area (Å²) in [6.45, 7) is 5.60. The third kappa shape index (κ3) is 2.22. The van der Waals surface area contributed by atoms with Crippen LogP contribution in [-0.2, 0) is 9.31 Å². The fourth-order valence-electron chi connectivity index (χ4n) is 1.81. The lowest BCUT2D eigenvalue weighted by Crippen LogP contribution is -2.35. The monoisotopic (exact) mass is 256 g/mol. The van der Waals surface area contributed by atoms with Gasteiger partial charge in [-0.05, 0) is 38.4 Å². The predicted molar refractivity (Wildman–Crippen MR) is 64.0 cm³/mol. The molecule has 0 radical (unpaired) electrons. The summed E-state index contributed by atoms with van der Waals surface area (Å²) in [6, 6.07) is 2.33. The van der Waals surface area contributed by atoms with Gasteiger partial charge in [-0.25, -0.2) is 8.78 Å². The lowest BCUT2D eigenvalue weighted by molar-refractivity contribution is 0.0842. The van der Waals surface area contributed by atoms with Gasteiger partial charge >= 0.3 is 7.12 Å². The van der Waals surface area contributed by atoms with Crippen LogP contribution in [0.3, 0.4) is 0 Å². The first kappa shape index (κ1) is 13.3. The lowest BCUT2D eigenvalue weighted by atomic mass is 9.79. The Morgan fingerprint density at radius 2 is 1.83 bits per heavy atom. The normalized spacial score (nSPS) is 22.3. The molecular weight excluding hydrogens is 241 g/mol. The van der Waals surface area contributed by atoms with Gasteiger partial charge in [-0.15, -0.1) is 0 Å². The van der Waals surface area contributed by atoms with E-state index in [0.29, 0.717) is 5.46 Å². The van der Waals surface area contributed by atoms with Crippen molar-refractivity contribution >= 4 is 12.6 Å². The molecule has 1 aliphatic heterocycles. The molecule has 0 aromatic heterocycles. The van der Waals surface area contributed by atoms with Crippen molar-refractivity contribution in [1.82, 2.24) is 0 Å². The summed E-state index contributed by atoms with van der Waals surface area (Å²) in [5.41, 5.74) is -0.180. The van der Waals surface area contributed by atoms with Crippen LogP contribution in [0.2, 0.25) is 0 Å². The van der Waals surface area contributed by atoms with E-state index in [1.807, 2.05) is 20.8 Å². The summed E-state index contributed by atoms with van der Waals surface area (Å²) in [4.78, 5) is 0. The van der Waals surface area contributed by atoms with Crippen LogP contribution in [-0.4, -0.2) is 25.9 Å². The molecule has 1 heterocycles. The van der Waals surface area contributed by atoms with Crippen LogP contribution < -0.4 is 10.2 Å². The minimum Gasteiger partial charge on any atom is -0.491 e. The van der Waals surface area contributed by atoms with E-state index in [0.717, 1.165) is 0 Å². The van der Waals surface area contributed by atoms with E-state index in [1.54, 1.807) is 0 Å². The molecule has 1 fully saturated rings. The molecule has 1 atom stereocenters. The molecule has 0 aliphatic carbocycles. The summed E-state index contributed by atoms with van der Waals surface area (Å²) in [7, 11) is 0.458. The number of hydrogen-bond donors (Lipinski definition) is 0. The highest BCUT2D eigenvalue weighted by Crippen LogP contribution is 2.28. The zero-order chi connectivity index (χ0) is 13.5. The molecule has 18 heavy (non-hydrogen) atoms. The van der Waals surface area contributed by atoms with Gasteiger partial charge in [0.05, 0.1) is 18.8 Å². The number of halogens is 2. The molecular formula is C12H15BF2O3.